The van der Waals surface area contributed by atoms with Crippen molar-refractivity contribution in [2.75, 3.05) is 0 Å². The van der Waals surface area contributed by atoms with Crippen molar-refractivity contribution < 1.29 is 15.3 Å². The third-order valence-electron chi connectivity index (χ3n) is 2.83. The summed E-state index contributed by atoms with van der Waals surface area (Å²) in [5.74, 6) is -0.0243. The molecule has 0 spiro atoms. The molecule has 2 aromatic carbocycles. The average molecular weight is 246 g/mol. The third kappa shape index (κ3) is 2.40. The Kier molecular flexibility index (Phi) is 3.86. The van der Waals surface area contributed by atoms with Gasteiger partial charge in [0.1, 0.15) is 5.75 Å². The number of rotatable bonds is 1. The van der Waals surface area contributed by atoms with Crippen LogP contribution in [0.15, 0.2) is 30.3 Å². The molecular weight excluding hydrogens is 228 g/mol. The molecule has 3 nitrogen and oxygen atoms in total. The molecular formula is C15H18O3. The topological polar surface area (TPSA) is 60.7 Å². The van der Waals surface area contributed by atoms with Gasteiger partial charge in [0.2, 0.25) is 0 Å². The van der Waals surface area contributed by atoms with Crippen LogP contribution >= 0.6 is 0 Å². The molecule has 0 atom stereocenters. The number of hydrogen-bond acceptors (Lipinski definition) is 3. The summed E-state index contributed by atoms with van der Waals surface area (Å²) < 4.78 is 0. The first kappa shape index (κ1) is 13.9. The fourth-order valence-electron chi connectivity index (χ4n) is 1.80. The van der Waals surface area contributed by atoms with Crippen molar-refractivity contribution in [2.45, 2.75) is 21.3 Å². The van der Waals surface area contributed by atoms with Gasteiger partial charge in [-0.1, -0.05) is 13.5 Å². The monoisotopic (exact) mass is 246 g/mol. The average Bonchev–Trinajstić information content (AvgIpc) is 2.27. The molecule has 0 aliphatic rings. The van der Waals surface area contributed by atoms with Gasteiger partial charge in [0.15, 0.2) is 11.5 Å². The Morgan fingerprint density at radius 2 is 1.39 bits per heavy atom. The van der Waals surface area contributed by atoms with Gasteiger partial charge in [0.25, 0.3) is 0 Å². The van der Waals surface area contributed by atoms with Crippen molar-refractivity contribution in [2.24, 2.45) is 0 Å². The Bertz CT molecular complexity index is 574. The number of phenolic OH excluding ortho intramolecular Hbond substituents is 3. The van der Waals surface area contributed by atoms with Gasteiger partial charge in [-0.2, -0.15) is 0 Å². The minimum atomic E-state index is -0.146. The first-order valence-corrected chi connectivity index (χ1v) is 5.31. The second-order valence-corrected chi connectivity index (χ2v) is 4.16. The predicted molar refractivity (Wildman–Crippen MR) is 73.1 cm³/mol. The van der Waals surface area contributed by atoms with E-state index < -0.39 is 0 Å². The van der Waals surface area contributed by atoms with E-state index in [0.717, 1.165) is 22.3 Å². The Morgan fingerprint density at radius 3 is 2.00 bits per heavy atom. The Hall–Kier alpha value is -2.16. The second-order valence-electron chi connectivity index (χ2n) is 4.16. The zero-order valence-corrected chi connectivity index (χ0v) is 9.73. The Labute approximate surface area is 107 Å². The summed E-state index contributed by atoms with van der Waals surface area (Å²) in [6.07, 6.45) is 0. The molecule has 2 rings (SSSR count). The molecule has 96 valence electrons. The lowest BCUT2D eigenvalue weighted by molar-refractivity contribution is 0.404. The maximum absolute atomic E-state index is 9.58. The molecule has 0 saturated carbocycles. The van der Waals surface area contributed by atoms with Crippen LogP contribution in [0.4, 0.5) is 0 Å². The summed E-state index contributed by atoms with van der Waals surface area (Å²) in [5, 5.41) is 28.3. The molecule has 3 heteroatoms. The molecule has 0 aromatic heterocycles. The zero-order chi connectivity index (χ0) is 12.6. The molecule has 2 aromatic rings. The molecule has 0 radical (unpaired) electrons. The summed E-state index contributed by atoms with van der Waals surface area (Å²) in [4.78, 5) is 0. The van der Waals surface area contributed by atoms with E-state index in [-0.39, 0.29) is 24.7 Å². The van der Waals surface area contributed by atoms with Crippen LogP contribution in [0.5, 0.6) is 17.2 Å². The van der Waals surface area contributed by atoms with Crippen molar-refractivity contribution >= 4 is 0 Å². The normalized spacial score (nSPS) is 9.89. The van der Waals surface area contributed by atoms with Gasteiger partial charge in [0, 0.05) is 0 Å². The zero-order valence-electron chi connectivity index (χ0n) is 9.73. The van der Waals surface area contributed by atoms with Crippen molar-refractivity contribution in [3.8, 4) is 28.4 Å². The molecule has 0 bridgehead atoms. The van der Waals surface area contributed by atoms with E-state index in [1.54, 1.807) is 12.1 Å². The molecule has 18 heavy (non-hydrogen) atoms. The minimum absolute atomic E-state index is 0. The lowest BCUT2D eigenvalue weighted by Gasteiger charge is -2.10. The van der Waals surface area contributed by atoms with Crippen LogP contribution in [0.1, 0.15) is 18.6 Å². The second kappa shape index (κ2) is 5.00. The van der Waals surface area contributed by atoms with Crippen molar-refractivity contribution in [1.82, 2.24) is 0 Å². The quantitative estimate of drug-likeness (QED) is 0.672. The minimum Gasteiger partial charge on any atom is -0.508 e. The van der Waals surface area contributed by atoms with E-state index in [1.165, 1.54) is 12.1 Å². The fraction of sp³-hybridized carbons (Fsp3) is 0.200. The molecule has 0 saturated heterocycles. The van der Waals surface area contributed by atoms with Crippen molar-refractivity contribution in [3.05, 3.63) is 41.5 Å². The van der Waals surface area contributed by atoms with E-state index in [2.05, 4.69) is 0 Å². The van der Waals surface area contributed by atoms with E-state index in [0.29, 0.717) is 0 Å². The first-order valence-electron chi connectivity index (χ1n) is 5.31. The van der Waals surface area contributed by atoms with Crippen LogP contribution < -0.4 is 0 Å². The number of aromatic hydroxyl groups is 3. The Balaban J connectivity index is 0.00000162. The van der Waals surface area contributed by atoms with Crippen LogP contribution in [0.25, 0.3) is 11.1 Å². The molecule has 0 fully saturated rings. The van der Waals surface area contributed by atoms with Crippen molar-refractivity contribution in [1.29, 1.82) is 0 Å². The highest BCUT2D eigenvalue weighted by Crippen LogP contribution is 2.34. The molecule has 0 aliphatic carbocycles. The van der Waals surface area contributed by atoms with Gasteiger partial charge in [-0.25, -0.2) is 0 Å². The maximum atomic E-state index is 9.58. The summed E-state index contributed by atoms with van der Waals surface area (Å²) >= 11 is 0. The van der Waals surface area contributed by atoms with Gasteiger partial charge in [-0.05, 0) is 60.4 Å². The third-order valence-corrected chi connectivity index (χ3v) is 2.83. The van der Waals surface area contributed by atoms with Crippen LogP contribution in [-0.2, 0) is 0 Å². The van der Waals surface area contributed by atoms with E-state index in [1.807, 2.05) is 19.9 Å². The molecule has 0 amide bonds. The predicted octanol–water partition coefficient (Wildman–Crippen LogP) is 3.72. The van der Waals surface area contributed by atoms with Gasteiger partial charge in [0.05, 0.1) is 0 Å². The van der Waals surface area contributed by atoms with Crippen molar-refractivity contribution in [3.63, 3.8) is 0 Å². The first-order chi connectivity index (χ1) is 7.99. The maximum Gasteiger partial charge on any atom is 0.158 e. The molecule has 0 unspecified atom stereocenters. The van der Waals surface area contributed by atoms with E-state index in [4.69, 9.17) is 0 Å². The highest BCUT2D eigenvalue weighted by Gasteiger charge is 2.08. The van der Waals surface area contributed by atoms with E-state index in [9.17, 15) is 15.3 Å². The standard InChI is InChI=1S/C14H14O3.CH4/c1-8-6-13(16)9(2)5-11(8)10-3-4-12(15)14(17)7-10;/h3-7,15-17H,1-2H3;1H4. The van der Waals surface area contributed by atoms with Gasteiger partial charge >= 0.3 is 0 Å². The highest BCUT2D eigenvalue weighted by atomic mass is 16.3. The number of phenols is 3. The Morgan fingerprint density at radius 1 is 0.722 bits per heavy atom. The summed E-state index contributed by atoms with van der Waals surface area (Å²) in [7, 11) is 0. The van der Waals surface area contributed by atoms with Crippen LogP contribution in [0.3, 0.4) is 0 Å². The van der Waals surface area contributed by atoms with Crippen LogP contribution in [0, 0.1) is 13.8 Å². The van der Waals surface area contributed by atoms with E-state index >= 15 is 0 Å². The van der Waals surface area contributed by atoms with Crippen LogP contribution in [-0.4, -0.2) is 15.3 Å². The molecule has 3 N–H and O–H groups in total. The SMILES string of the molecule is C.Cc1cc(-c2ccc(O)c(O)c2)c(C)cc1O. The number of hydrogen-bond donors (Lipinski definition) is 3. The van der Waals surface area contributed by atoms with Gasteiger partial charge < -0.3 is 15.3 Å². The fourth-order valence-corrected chi connectivity index (χ4v) is 1.80. The molecule has 0 heterocycles. The van der Waals surface area contributed by atoms with Gasteiger partial charge in [-0.3, -0.25) is 0 Å². The lowest BCUT2D eigenvalue weighted by Crippen LogP contribution is -1.86. The number of aryl methyl sites for hydroxylation is 2. The molecule has 0 aliphatic heterocycles. The summed E-state index contributed by atoms with van der Waals surface area (Å²) in [6, 6.07) is 8.24. The summed E-state index contributed by atoms with van der Waals surface area (Å²) in [6.45, 7) is 3.71. The number of benzene rings is 2. The largest absolute Gasteiger partial charge is 0.508 e. The lowest BCUT2D eigenvalue weighted by atomic mass is 9.97. The smallest absolute Gasteiger partial charge is 0.158 e. The highest BCUT2D eigenvalue weighted by molar-refractivity contribution is 5.71. The summed E-state index contributed by atoms with van der Waals surface area (Å²) in [5.41, 5.74) is 3.42. The van der Waals surface area contributed by atoms with Gasteiger partial charge in [-0.15, -0.1) is 0 Å². The van der Waals surface area contributed by atoms with Crippen LogP contribution in [0.2, 0.25) is 0 Å².